The smallest absolute Gasteiger partial charge is 0.665 e. The van der Waals surface area contributed by atoms with Gasteiger partial charge in [0, 0.05) is 17.4 Å². The normalized spacial score (nSPS) is 13.5. The summed E-state index contributed by atoms with van der Waals surface area (Å²) in [6.07, 6.45) is -0.516. The number of imidazole rings is 1. The van der Waals surface area contributed by atoms with Crippen molar-refractivity contribution in [2.75, 3.05) is 0 Å². The van der Waals surface area contributed by atoms with Crippen LogP contribution in [0.4, 0.5) is 0 Å². The maximum Gasteiger partial charge on any atom is 2.00 e. The van der Waals surface area contributed by atoms with Gasteiger partial charge in [0.2, 0.25) is 0 Å². The molecular weight excluding hydrogens is 962 g/mol. The average molecular weight is 1020 g/mol. The van der Waals surface area contributed by atoms with Crippen molar-refractivity contribution in [1.29, 1.82) is 0 Å². The molecule has 0 unspecified atom stereocenters. The first-order valence-corrected chi connectivity index (χ1v) is 21.1. The fraction of sp³-hybridized carbons (Fsp3) is 0.169. The molecule has 0 N–H and O–H groups in total. The Bertz CT molecular complexity index is 3570. The summed E-state index contributed by atoms with van der Waals surface area (Å²) in [5.74, 6) is 1.20. The number of hydrogen-bond donors (Lipinski definition) is 0. The van der Waals surface area contributed by atoms with E-state index in [1.54, 1.807) is 0 Å². The van der Waals surface area contributed by atoms with Crippen LogP contribution in [-0.2, 0) is 31.9 Å². The molecule has 0 atom stereocenters. The number of hydrogen-bond acceptors (Lipinski definition) is 3. The van der Waals surface area contributed by atoms with Crippen LogP contribution in [0.2, 0.25) is 0 Å². The SMILES string of the molecule is [2H]c1nc(-c2[c-]c(-c3cccc4c3nc(-c3cc(C)cc(C)c3O[CH2-])n4-c3cc(-c4ccccc4)c(C(C)(C)C)cc3-c3ccccc3)cc(C(C)(C)C)c2)c([2H])c(-c2c([2H])c([2H])c([2H])c([2H])c2[2H])c1[2H].[Pt+2]. The minimum absolute atomic E-state index is 0. The largest absolute Gasteiger partial charge is 2.00 e. The molecule has 0 amide bonds. The molecule has 9 aromatic rings. The summed E-state index contributed by atoms with van der Waals surface area (Å²) in [4.78, 5) is 10.1. The molecule has 320 valence electrons. The second-order valence-corrected chi connectivity index (χ2v) is 18.1. The first-order chi connectivity index (χ1) is 33.6. The summed E-state index contributed by atoms with van der Waals surface area (Å²) in [5.41, 5.74) is 11.5. The van der Waals surface area contributed by atoms with E-state index in [1.165, 1.54) is 5.56 Å². The first-order valence-electron chi connectivity index (χ1n) is 25.1. The number of ether oxygens (including phenoxy) is 1. The quantitative estimate of drug-likeness (QED) is 0.142. The Morgan fingerprint density at radius 1 is 0.641 bits per heavy atom. The van der Waals surface area contributed by atoms with Crippen molar-refractivity contribution in [3.63, 3.8) is 0 Å². The van der Waals surface area contributed by atoms with Gasteiger partial charge in [-0.3, -0.25) is 9.55 Å². The molecule has 0 saturated carbocycles. The molecule has 0 bridgehead atoms. The summed E-state index contributed by atoms with van der Waals surface area (Å²) in [7, 11) is 3.91. The second-order valence-electron chi connectivity index (χ2n) is 18.1. The van der Waals surface area contributed by atoms with Gasteiger partial charge >= 0.3 is 21.1 Å². The Hall–Kier alpha value is -6.35. The van der Waals surface area contributed by atoms with Crippen LogP contribution in [0.1, 0.15) is 74.8 Å². The van der Waals surface area contributed by atoms with Crippen molar-refractivity contribution in [2.45, 2.75) is 66.2 Å². The monoisotopic (exact) mass is 1020 g/mol. The number of rotatable bonds is 8. The molecule has 64 heavy (non-hydrogen) atoms. The van der Waals surface area contributed by atoms with Crippen LogP contribution in [0, 0.1) is 27.0 Å². The van der Waals surface area contributed by atoms with Gasteiger partial charge in [-0.1, -0.05) is 168 Å². The molecule has 0 saturated heterocycles. The Kier molecular flexibility index (Phi) is 9.68. The van der Waals surface area contributed by atoms with Crippen LogP contribution >= 0.6 is 0 Å². The molecule has 0 aliphatic heterocycles. The molecule has 0 aliphatic rings. The number of benzene rings is 7. The Morgan fingerprint density at radius 3 is 1.97 bits per heavy atom. The third-order valence-electron chi connectivity index (χ3n) is 11.5. The average Bonchev–Trinajstić information content (AvgIpc) is 3.74. The zero-order valence-electron chi connectivity index (χ0n) is 45.2. The predicted octanol–water partition coefficient (Wildman–Crippen LogP) is 15.6. The topological polar surface area (TPSA) is 39.9 Å². The number of nitrogens with zero attached hydrogens (tertiary/aromatic N) is 3. The molecule has 2 aromatic heterocycles. The summed E-state index contributed by atoms with van der Waals surface area (Å²) in [6, 6.07) is 39.1. The fourth-order valence-electron chi connectivity index (χ4n) is 8.37. The van der Waals surface area contributed by atoms with E-state index in [9.17, 15) is 1.37 Å². The zero-order valence-corrected chi connectivity index (χ0v) is 39.5. The van der Waals surface area contributed by atoms with E-state index in [4.69, 9.17) is 19.3 Å². The molecular formula is C59H53N3OPt. The molecule has 4 nitrogen and oxygen atoms in total. The summed E-state index contributed by atoms with van der Waals surface area (Å²) in [5, 5.41) is 0. The minimum atomic E-state index is -0.604. The van der Waals surface area contributed by atoms with Gasteiger partial charge in [0.05, 0.1) is 39.0 Å². The maximum atomic E-state index is 9.54. The number of fused-ring (bicyclic) bond motifs is 1. The Morgan fingerprint density at radius 2 is 1.31 bits per heavy atom. The molecule has 0 spiro atoms. The summed E-state index contributed by atoms with van der Waals surface area (Å²) >= 11 is 0. The van der Waals surface area contributed by atoms with E-state index < -0.39 is 47.8 Å². The van der Waals surface area contributed by atoms with Crippen molar-refractivity contribution in [3.05, 3.63) is 199 Å². The molecule has 2 heterocycles. The number of pyridine rings is 1. The standard InChI is InChI=1S/C59H53N3O.Pt/c1-38-30-39(2)56(63-9)50(31-38)57-61-55-47(44-32-45(34-46(33-44)58(3,4)5)52-35-43(28-29-60-52)40-20-13-10-14-21-40)26-19-27-53(55)62(57)54-37-48(41-22-15-11-16-23-41)51(59(6,7)8)36-49(54)42-24-17-12-18-25-42;/h10-31,33-37H,9H2,1-8H3;/q-2;+2/i10D,13D,14D,20D,21D,28D,29D,35D;. The van der Waals surface area contributed by atoms with Gasteiger partial charge in [0.1, 0.15) is 5.82 Å². The van der Waals surface area contributed by atoms with Gasteiger partial charge in [0.25, 0.3) is 0 Å². The van der Waals surface area contributed by atoms with Crippen molar-refractivity contribution < 1.29 is 36.8 Å². The van der Waals surface area contributed by atoms with E-state index >= 15 is 0 Å². The van der Waals surface area contributed by atoms with Gasteiger partial charge in [-0.05, 0) is 99.5 Å². The number of aromatic nitrogens is 3. The Balaban J connectivity index is 0.00000693. The van der Waals surface area contributed by atoms with E-state index in [2.05, 4.69) is 131 Å². The third-order valence-corrected chi connectivity index (χ3v) is 11.5. The second kappa shape index (κ2) is 17.7. The first kappa shape index (κ1) is 35.1. The summed E-state index contributed by atoms with van der Waals surface area (Å²) < 4.78 is 77.9. The van der Waals surface area contributed by atoms with Crippen molar-refractivity contribution >= 4 is 11.0 Å². The fourth-order valence-corrected chi connectivity index (χ4v) is 8.37. The van der Waals surface area contributed by atoms with Crippen LogP contribution in [0.25, 0.3) is 83.9 Å². The van der Waals surface area contributed by atoms with E-state index in [-0.39, 0.29) is 49.3 Å². The van der Waals surface area contributed by atoms with Gasteiger partial charge in [0.15, 0.2) is 0 Å². The van der Waals surface area contributed by atoms with Gasteiger partial charge in [-0.15, -0.1) is 29.3 Å². The maximum absolute atomic E-state index is 9.54. The predicted molar refractivity (Wildman–Crippen MR) is 263 cm³/mol. The van der Waals surface area contributed by atoms with Gasteiger partial charge in [-0.25, -0.2) is 4.98 Å². The molecule has 0 radical (unpaired) electrons. The molecule has 0 fully saturated rings. The van der Waals surface area contributed by atoms with E-state index in [0.29, 0.717) is 33.8 Å². The molecule has 5 heteroatoms. The zero-order chi connectivity index (χ0) is 51.0. The number of aryl methyl sites for hydroxylation is 2. The molecule has 0 aliphatic carbocycles. The van der Waals surface area contributed by atoms with Gasteiger partial charge < -0.3 is 4.74 Å². The van der Waals surface area contributed by atoms with Crippen LogP contribution in [-0.4, -0.2) is 14.5 Å². The third kappa shape index (κ3) is 8.52. The molecule has 7 aromatic carbocycles. The summed E-state index contributed by atoms with van der Waals surface area (Å²) in [6.45, 7) is 16.9. The van der Waals surface area contributed by atoms with Crippen molar-refractivity contribution in [2.24, 2.45) is 0 Å². The van der Waals surface area contributed by atoms with Crippen molar-refractivity contribution in [3.8, 4) is 78.6 Å². The van der Waals surface area contributed by atoms with Gasteiger partial charge in [-0.2, -0.15) is 7.11 Å². The van der Waals surface area contributed by atoms with Crippen LogP contribution in [0.15, 0.2) is 164 Å². The number of para-hydroxylation sites is 1. The van der Waals surface area contributed by atoms with Crippen molar-refractivity contribution in [1.82, 2.24) is 14.5 Å². The van der Waals surface area contributed by atoms with E-state index in [0.717, 1.165) is 55.7 Å². The van der Waals surface area contributed by atoms with Crippen LogP contribution < -0.4 is 4.74 Å². The van der Waals surface area contributed by atoms with Crippen LogP contribution in [0.5, 0.6) is 5.75 Å². The molecule has 9 rings (SSSR count). The minimum Gasteiger partial charge on any atom is -0.665 e. The van der Waals surface area contributed by atoms with E-state index in [1.807, 2.05) is 62.4 Å². The van der Waals surface area contributed by atoms with Crippen LogP contribution in [0.3, 0.4) is 0 Å². The Labute approximate surface area is 404 Å².